The van der Waals surface area contributed by atoms with Crippen LogP contribution in [0.4, 0.5) is 0 Å². The highest BCUT2D eigenvalue weighted by atomic mass is 16.3. The summed E-state index contributed by atoms with van der Waals surface area (Å²) >= 11 is 0. The largest absolute Gasteiger partial charge is 0.389 e. The Labute approximate surface area is 103 Å². The Morgan fingerprint density at radius 2 is 2.24 bits per heavy atom. The van der Waals surface area contributed by atoms with Crippen molar-refractivity contribution in [3.63, 3.8) is 0 Å². The average molecular weight is 231 g/mol. The number of nitrogens with one attached hydrogen (secondary N) is 1. The molecule has 0 bridgehead atoms. The highest BCUT2D eigenvalue weighted by molar-refractivity contribution is 5.37. The molecule has 3 rings (SSSR count). The first-order valence-corrected chi connectivity index (χ1v) is 6.72. The van der Waals surface area contributed by atoms with Crippen LogP contribution in [0.15, 0.2) is 18.2 Å². The van der Waals surface area contributed by atoms with Crippen molar-refractivity contribution >= 4 is 0 Å². The molecule has 0 heterocycles. The molecule has 1 atom stereocenters. The monoisotopic (exact) mass is 231 g/mol. The second-order valence-corrected chi connectivity index (χ2v) is 5.75. The van der Waals surface area contributed by atoms with Gasteiger partial charge in [-0.2, -0.15) is 0 Å². The molecule has 92 valence electrons. The van der Waals surface area contributed by atoms with E-state index in [-0.39, 0.29) is 0 Å². The van der Waals surface area contributed by atoms with Gasteiger partial charge in [0.1, 0.15) is 0 Å². The fourth-order valence-corrected chi connectivity index (χ4v) is 3.01. The minimum Gasteiger partial charge on any atom is -0.389 e. The number of aliphatic hydroxyl groups is 1. The van der Waals surface area contributed by atoms with Crippen molar-refractivity contribution in [2.45, 2.75) is 50.7 Å². The Morgan fingerprint density at radius 1 is 1.41 bits per heavy atom. The van der Waals surface area contributed by atoms with E-state index in [4.69, 9.17) is 0 Å². The van der Waals surface area contributed by atoms with Gasteiger partial charge in [0.05, 0.1) is 5.60 Å². The molecule has 2 heteroatoms. The average Bonchev–Trinajstić information content (AvgIpc) is 2.66. The molecule has 0 radical (unpaired) electrons. The molecule has 1 saturated carbocycles. The van der Waals surface area contributed by atoms with Crippen molar-refractivity contribution in [1.82, 2.24) is 5.32 Å². The summed E-state index contributed by atoms with van der Waals surface area (Å²) < 4.78 is 0. The van der Waals surface area contributed by atoms with Gasteiger partial charge in [0.2, 0.25) is 0 Å². The molecule has 0 spiro atoms. The van der Waals surface area contributed by atoms with Crippen LogP contribution >= 0.6 is 0 Å². The summed E-state index contributed by atoms with van der Waals surface area (Å²) in [5.74, 6) is 0. The lowest BCUT2D eigenvalue weighted by molar-refractivity contribution is -0.0332. The van der Waals surface area contributed by atoms with Gasteiger partial charge in [0.25, 0.3) is 0 Å². The van der Waals surface area contributed by atoms with Gasteiger partial charge in [-0.3, -0.25) is 0 Å². The van der Waals surface area contributed by atoms with Gasteiger partial charge in [-0.05, 0) is 50.2 Å². The van der Waals surface area contributed by atoms with Gasteiger partial charge in [0.15, 0.2) is 0 Å². The highest BCUT2D eigenvalue weighted by Crippen LogP contribution is 2.35. The van der Waals surface area contributed by atoms with Crippen LogP contribution in [0.3, 0.4) is 0 Å². The number of hydrogen-bond acceptors (Lipinski definition) is 2. The lowest BCUT2D eigenvalue weighted by Gasteiger charge is -2.37. The van der Waals surface area contributed by atoms with Crippen molar-refractivity contribution in [3.05, 3.63) is 34.9 Å². The van der Waals surface area contributed by atoms with Gasteiger partial charge in [-0.25, -0.2) is 0 Å². The number of rotatable bonds is 3. The van der Waals surface area contributed by atoms with Crippen LogP contribution in [0, 0.1) is 6.92 Å². The predicted octanol–water partition coefficient (Wildman–Crippen LogP) is 2.49. The number of benzene rings is 1. The van der Waals surface area contributed by atoms with E-state index in [2.05, 4.69) is 30.4 Å². The van der Waals surface area contributed by atoms with Crippen LogP contribution in [-0.2, 0) is 6.42 Å². The third kappa shape index (κ3) is 2.12. The first-order valence-electron chi connectivity index (χ1n) is 6.72. The van der Waals surface area contributed by atoms with E-state index in [1.165, 1.54) is 36.0 Å². The molecule has 0 aromatic heterocycles. The fraction of sp³-hybridized carbons (Fsp3) is 0.600. The molecule has 2 nitrogen and oxygen atoms in total. The summed E-state index contributed by atoms with van der Waals surface area (Å²) in [5, 5.41) is 13.7. The Hall–Kier alpha value is -0.860. The van der Waals surface area contributed by atoms with Crippen LogP contribution in [0.5, 0.6) is 0 Å². The molecule has 1 aromatic carbocycles. The molecule has 1 fully saturated rings. The standard InChI is InChI=1S/C15H21NO/c1-11-3-4-12-5-6-14(13(12)9-11)16-10-15(17)7-2-8-15/h3-4,9,14,16-17H,2,5-8,10H2,1H3. The van der Waals surface area contributed by atoms with Gasteiger partial charge < -0.3 is 10.4 Å². The van der Waals surface area contributed by atoms with Gasteiger partial charge >= 0.3 is 0 Å². The zero-order valence-electron chi connectivity index (χ0n) is 10.5. The summed E-state index contributed by atoms with van der Waals surface area (Å²) in [4.78, 5) is 0. The predicted molar refractivity (Wildman–Crippen MR) is 69.0 cm³/mol. The molecule has 2 N–H and O–H groups in total. The molecule has 1 aromatic rings. The van der Waals surface area contributed by atoms with Crippen LogP contribution in [0.1, 0.15) is 48.4 Å². The van der Waals surface area contributed by atoms with Crippen molar-refractivity contribution in [1.29, 1.82) is 0 Å². The van der Waals surface area contributed by atoms with E-state index in [1.54, 1.807) is 0 Å². The Morgan fingerprint density at radius 3 is 2.94 bits per heavy atom. The lowest BCUT2D eigenvalue weighted by atomic mass is 9.80. The van der Waals surface area contributed by atoms with Gasteiger partial charge in [0, 0.05) is 12.6 Å². The third-order valence-electron chi connectivity index (χ3n) is 4.34. The van der Waals surface area contributed by atoms with E-state index in [0.29, 0.717) is 6.04 Å². The van der Waals surface area contributed by atoms with Crippen LogP contribution in [0.2, 0.25) is 0 Å². The third-order valence-corrected chi connectivity index (χ3v) is 4.34. The Balaban J connectivity index is 1.68. The van der Waals surface area contributed by atoms with Crippen molar-refractivity contribution in [2.75, 3.05) is 6.54 Å². The summed E-state index contributed by atoms with van der Waals surface area (Å²) in [5.41, 5.74) is 3.86. The van der Waals surface area contributed by atoms with Crippen LogP contribution in [0.25, 0.3) is 0 Å². The maximum atomic E-state index is 10.1. The quantitative estimate of drug-likeness (QED) is 0.837. The summed E-state index contributed by atoms with van der Waals surface area (Å²) in [6.07, 6.45) is 5.46. The highest BCUT2D eigenvalue weighted by Gasteiger charge is 2.35. The first kappa shape index (κ1) is 11.2. The Kier molecular flexibility index (Phi) is 2.72. The summed E-state index contributed by atoms with van der Waals surface area (Å²) in [7, 11) is 0. The zero-order chi connectivity index (χ0) is 11.9. The number of aryl methyl sites for hydroxylation is 2. The molecule has 0 amide bonds. The Bertz CT molecular complexity index is 423. The molecule has 2 aliphatic carbocycles. The second kappa shape index (κ2) is 4.11. The van der Waals surface area contributed by atoms with Crippen molar-refractivity contribution < 1.29 is 5.11 Å². The topological polar surface area (TPSA) is 32.3 Å². The molecule has 0 aliphatic heterocycles. The van der Waals surface area contributed by atoms with E-state index >= 15 is 0 Å². The van der Waals surface area contributed by atoms with Crippen LogP contribution in [-0.4, -0.2) is 17.3 Å². The number of hydrogen-bond donors (Lipinski definition) is 2. The number of fused-ring (bicyclic) bond motifs is 1. The first-order chi connectivity index (χ1) is 8.16. The van der Waals surface area contributed by atoms with Crippen LogP contribution < -0.4 is 5.32 Å². The van der Waals surface area contributed by atoms with Crippen molar-refractivity contribution in [3.8, 4) is 0 Å². The van der Waals surface area contributed by atoms with E-state index in [0.717, 1.165) is 19.4 Å². The summed E-state index contributed by atoms with van der Waals surface area (Å²) in [6.45, 7) is 2.90. The maximum Gasteiger partial charge on any atom is 0.0771 e. The molecule has 17 heavy (non-hydrogen) atoms. The van der Waals surface area contributed by atoms with Gasteiger partial charge in [-0.1, -0.05) is 23.8 Å². The van der Waals surface area contributed by atoms with E-state index in [1.807, 2.05) is 0 Å². The van der Waals surface area contributed by atoms with E-state index in [9.17, 15) is 5.11 Å². The van der Waals surface area contributed by atoms with Gasteiger partial charge in [-0.15, -0.1) is 0 Å². The molecular weight excluding hydrogens is 210 g/mol. The maximum absolute atomic E-state index is 10.1. The van der Waals surface area contributed by atoms with E-state index < -0.39 is 5.60 Å². The second-order valence-electron chi connectivity index (χ2n) is 5.75. The molecule has 0 saturated heterocycles. The summed E-state index contributed by atoms with van der Waals surface area (Å²) in [6, 6.07) is 7.20. The fourth-order valence-electron chi connectivity index (χ4n) is 3.01. The SMILES string of the molecule is Cc1ccc2c(c1)C(NCC1(O)CCC1)CC2. The molecule has 1 unspecified atom stereocenters. The minimum absolute atomic E-state index is 0.410. The smallest absolute Gasteiger partial charge is 0.0771 e. The normalized spacial score (nSPS) is 25.4. The minimum atomic E-state index is -0.410. The van der Waals surface area contributed by atoms with Crippen molar-refractivity contribution in [2.24, 2.45) is 0 Å². The lowest BCUT2D eigenvalue weighted by Crippen LogP contribution is -2.46. The molecule has 2 aliphatic rings. The molecular formula is C15H21NO. The zero-order valence-corrected chi connectivity index (χ0v) is 10.5.